The minimum atomic E-state index is -0.301. The Kier molecular flexibility index (Phi) is 6.73. The molecule has 1 aromatic rings. The predicted octanol–water partition coefficient (Wildman–Crippen LogP) is 0.892. The van der Waals surface area contributed by atoms with E-state index in [9.17, 15) is 9.59 Å². The molecule has 112 valence electrons. The monoisotopic (exact) mass is 308 g/mol. The van der Waals surface area contributed by atoms with Crippen LogP contribution in [0.25, 0.3) is 0 Å². The van der Waals surface area contributed by atoms with Gasteiger partial charge in [-0.1, -0.05) is 23.4 Å². The molecule has 5 nitrogen and oxygen atoms in total. The van der Waals surface area contributed by atoms with Crippen LogP contribution in [0.15, 0.2) is 18.2 Å². The summed E-state index contributed by atoms with van der Waals surface area (Å²) in [6.07, 6.45) is 0.243. The zero-order valence-electron chi connectivity index (χ0n) is 11.9. The molecule has 0 saturated carbocycles. The Hall–Kier alpha value is -2.03. The van der Waals surface area contributed by atoms with Gasteiger partial charge in [-0.05, 0) is 18.2 Å². The van der Waals surface area contributed by atoms with Crippen LogP contribution in [0, 0.1) is 11.8 Å². The largest absolute Gasteiger partial charge is 0.384 e. The van der Waals surface area contributed by atoms with Crippen molar-refractivity contribution in [2.45, 2.75) is 6.42 Å². The topological polar surface area (TPSA) is 69.6 Å². The summed E-state index contributed by atoms with van der Waals surface area (Å²) in [5.74, 6) is 4.82. The molecule has 1 rings (SSSR count). The molecule has 0 aromatic heterocycles. The first-order chi connectivity index (χ1) is 9.95. The van der Waals surface area contributed by atoms with Gasteiger partial charge in [0.2, 0.25) is 5.91 Å². The number of nitrogens with one attached hydrogen (secondary N) is 1. The van der Waals surface area contributed by atoms with Crippen LogP contribution >= 0.6 is 11.6 Å². The number of carbonyl (C=O) groups is 2. The summed E-state index contributed by atoms with van der Waals surface area (Å²) >= 11 is 6.01. The average molecular weight is 309 g/mol. The Balaban J connectivity index is 2.63. The third kappa shape index (κ3) is 5.46. The van der Waals surface area contributed by atoms with Crippen molar-refractivity contribution in [2.75, 3.05) is 27.2 Å². The number of benzene rings is 1. The summed E-state index contributed by atoms with van der Waals surface area (Å²) in [6, 6.07) is 4.72. The third-order valence-electron chi connectivity index (χ3n) is 2.66. The number of hydrogen-bond donors (Lipinski definition) is 2. The Morgan fingerprint density at radius 2 is 2.10 bits per heavy atom. The molecular formula is C15H17ClN2O3. The fraction of sp³-hybridized carbons (Fsp3) is 0.333. The predicted molar refractivity (Wildman–Crippen MR) is 81.1 cm³/mol. The second-order valence-corrected chi connectivity index (χ2v) is 4.86. The van der Waals surface area contributed by atoms with E-state index in [0.29, 0.717) is 16.1 Å². The highest BCUT2D eigenvalue weighted by Crippen LogP contribution is 2.17. The van der Waals surface area contributed by atoms with Crippen molar-refractivity contribution < 1.29 is 14.7 Å². The number of halogens is 1. The van der Waals surface area contributed by atoms with Gasteiger partial charge in [-0.2, -0.15) is 0 Å². The van der Waals surface area contributed by atoms with E-state index in [4.69, 9.17) is 16.7 Å². The lowest BCUT2D eigenvalue weighted by Gasteiger charge is -2.10. The molecule has 2 amide bonds. The summed E-state index contributed by atoms with van der Waals surface area (Å²) in [6.45, 7) is 0.0119. The molecule has 0 unspecified atom stereocenters. The van der Waals surface area contributed by atoms with Gasteiger partial charge in [-0.3, -0.25) is 9.59 Å². The number of aliphatic hydroxyl groups excluding tert-OH is 1. The number of hydrogen-bond acceptors (Lipinski definition) is 3. The first-order valence-corrected chi connectivity index (χ1v) is 6.71. The van der Waals surface area contributed by atoms with Gasteiger partial charge in [0, 0.05) is 38.2 Å². The van der Waals surface area contributed by atoms with Crippen molar-refractivity contribution in [2.24, 2.45) is 0 Å². The van der Waals surface area contributed by atoms with E-state index in [1.54, 1.807) is 26.2 Å². The molecule has 0 bridgehead atoms. The van der Waals surface area contributed by atoms with Crippen molar-refractivity contribution in [1.29, 1.82) is 0 Å². The number of aliphatic hydroxyl groups is 1. The van der Waals surface area contributed by atoms with E-state index in [-0.39, 0.29) is 31.4 Å². The minimum Gasteiger partial charge on any atom is -0.384 e. The van der Waals surface area contributed by atoms with Crippen LogP contribution in [-0.2, 0) is 4.79 Å². The van der Waals surface area contributed by atoms with Gasteiger partial charge < -0.3 is 15.3 Å². The molecule has 0 spiro atoms. The fourth-order valence-electron chi connectivity index (χ4n) is 1.50. The van der Waals surface area contributed by atoms with Gasteiger partial charge in [0.25, 0.3) is 5.91 Å². The molecule has 0 atom stereocenters. The van der Waals surface area contributed by atoms with Gasteiger partial charge >= 0.3 is 0 Å². The molecule has 6 heteroatoms. The van der Waals surface area contributed by atoms with Crippen molar-refractivity contribution in [3.05, 3.63) is 34.3 Å². The van der Waals surface area contributed by atoms with E-state index < -0.39 is 0 Å². The molecule has 0 fully saturated rings. The first kappa shape index (κ1) is 17.0. The highest BCUT2D eigenvalue weighted by Gasteiger charge is 2.09. The van der Waals surface area contributed by atoms with E-state index in [1.165, 1.54) is 11.0 Å². The SMILES string of the molecule is CN(C)C(=O)CCNC(=O)c1ccc(C#CCO)c(Cl)c1. The van der Waals surface area contributed by atoms with Gasteiger partial charge in [-0.25, -0.2) is 0 Å². The molecule has 1 aromatic carbocycles. The number of nitrogens with zero attached hydrogens (tertiary/aromatic N) is 1. The minimum absolute atomic E-state index is 0.0528. The maximum atomic E-state index is 11.9. The Bertz CT molecular complexity index is 588. The maximum Gasteiger partial charge on any atom is 0.251 e. The second kappa shape index (κ2) is 8.30. The molecule has 0 saturated heterocycles. The van der Waals surface area contributed by atoms with E-state index in [2.05, 4.69) is 17.2 Å². The van der Waals surface area contributed by atoms with Crippen LogP contribution in [0.2, 0.25) is 5.02 Å². The molecule has 2 N–H and O–H groups in total. The quantitative estimate of drug-likeness (QED) is 0.812. The summed E-state index contributed by atoms with van der Waals surface area (Å²) in [4.78, 5) is 24.8. The van der Waals surface area contributed by atoms with Gasteiger partial charge in [0.1, 0.15) is 6.61 Å². The van der Waals surface area contributed by atoms with Crippen LogP contribution in [0.3, 0.4) is 0 Å². The molecular weight excluding hydrogens is 292 g/mol. The molecule has 0 aliphatic heterocycles. The van der Waals surface area contributed by atoms with Crippen molar-refractivity contribution in [1.82, 2.24) is 10.2 Å². The van der Waals surface area contributed by atoms with E-state index in [1.807, 2.05) is 0 Å². The van der Waals surface area contributed by atoms with Crippen molar-refractivity contribution in [3.8, 4) is 11.8 Å². The molecule has 0 aliphatic carbocycles. The summed E-state index contributed by atoms with van der Waals surface area (Å²) in [5, 5.41) is 11.6. The highest BCUT2D eigenvalue weighted by molar-refractivity contribution is 6.32. The normalized spacial score (nSPS) is 9.52. The van der Waals surface area contributed by atoms with Gasteiger partial charge in [-0.15, -0.1) is 0 Å². The number of amides is 2. The standard InChI is InChI=1S/C15H17ClN2O3/c1-18(2)14(20)7-8-17-15(21)12-6-5-11(4-3-9-19)13(16)10-12/h5-6,10,19H,7-9H2,1-2H3,(H,17,21). The molecule has 0 radical (unpaired) electrons. The second-order valence-electron chi connectivity index (χ2n) is 4.45. The van der Waals surface area contributed by atoms with Crippen LogP contribution in [-0.4, -0.2) is 49.1 Å². The lowest BCUT2D eigenvalue weighted by atomic mass is 10.1. The average Bonchev–Trinajstić information content (AvgIpc) is 2.45. The zero-order chi connectivity index (χ0) is 15.8. The Morgan fingerprint density at radius 1 is 1.38 bits per heavy atom. The molecule has 0 aliphatic rings. The van der Waals surface area contributed by atoms with Gasteiger partial charge in [0.05, 0.1) is 5.02 Å². The van der Waals surface area contributed by atoms with E-state index >= 15 is 0 Å². The van der Waals surface area contributed by atoms with Crippen LogP contribution in [0.5, 0.6) is 0 Å². The van der Waals surface area contributed by atoms with Crippen molar-refractivity contribution in [3.63, 3.8) is 0 Å². The lowest BCUT2D eigenvalue weighted by Crippen LogP contribution is -2.30. The summed E-state index contributed by atoms with van der Waals surface area (Å²) in [7, 11) is 3.33. The first-order valence-electron chi connectivity index (χ1n) is 6.33. The van der Waals surface area contributed by atoms with Crippen molar-refractivity contribution >= 4 is 23.4 Å². The summed E-state index contributed by atoms with van der Waals surface area (Å²) < 4.78 is 0. The van der Waals surface area contributed by atoms with Gasteiger partial charge in [0.15, 0.2) is 0 Å². The number of rotatable bonds is 4. The Labute approximate surface area is 128 Å². The van der Waals surface area contributed by atoms with E-state index in [0.717, 1.165) is 0 Å². The third-order valence-corrected chi connectivity index (χ3v) is 2.97. The highest BCUT2D eigenvalue weighted by atomic mass is 35.5. The summed E-state index contributed by atoms with van der Waals surface area (Å²) in [5.41, 5.74) is 0.942. The molecule has 21 heavy (non-hydrogen) atoms. The van der Waals surface area contributed by atoms with Crippen LogP contribution < -0.4 is 5.32 Å². The lowest BCUT2D eigenvalue weighted by molar-refractivity contribution is -0.128. The maximum absolute atomic E-state index is 11.9. The number of carbonyl (C=O) groups excluding carboxylic acids is 2. The smallest absolute Gasteiger partial charge is 0.251 e. The zero-order valence-corrected chi connectivity index (χ0v) is 12.7. The van der Waals surface area contributed by atoms with Crippen LogP contribution in [0.4, 0.5) is 0 Å². The molecule has 0 heterocycles. The Morgan fingerprint density at radius 3 is 2.67 bits per heavy atom. The van der Waals surface area contributed by atoms with Crippen LogP contribution in [0.1, 0.15) is 22.3 Å². The fourth-order valence-corrected chi connectivity index (χ4v) is 1.73.